The summed E-state index contributed by atoms with van der Waals surface area (Å²) in [5, 5.41) is 2.58. The molecule has 0 saturated heterocycles. The fraction of sp³-hybridized carbons (Fsp3) is 0.100. The fourth-order valence-corrected chi connectivity index (χ4v) is 1.56. The van der Waals surface area contributed by atoms with E-state index in [-0.39, 0.29) is 5.69 Å². The molecule has 2 N–H and O–H groups in total. The molecule has 90 valence electrons. The molecular formula is C10H6ClF3N2O. The quantitative estimate of drug-likeness (QED) is 0.813. The lowest BCUT2D eigenvalue weighted by Crippen LogP contribution is -2.29. The summed E-state index contributed by atoms with van der Waals surface area (Å²) in [6, 6.07) is 4.68. The van der Waals surface area contributed by atoms with E-state index < -0.39 is 12.1 Å². The summed E-state index contributed by atoms with van der Waals surface area (Å²) in [6.07, 6.45) is -3.63. The Morgan fingerprint density at radius 3 is 2.71 bits per heavy atom. The van der Waals surface area contributed by atoms with Crippen LogP contribution in [-0.2, 0) is 4.79 Å². The predicted octanol–water partition coefficient (Wildman–Crippen LogP) is 3.32. The average Bonchev–Trinajstić information content (AvgIpc) is 2.60. The van der Waals surface area contributed by atoms with Gasteiger partial charge in [0.05, 0.1) is 5.69 Å². The SMILES string of the molecule is O=C(Nc1c[nH]c2ccc(Cl)cc12)C(F)(F)F. The molecule has 0 spiro atoms. The van der Waals surface area contributed by atoms with Gasteiger partial charge < -0.3 is 10.3 Å². The molecule has 0 radical (unpaired) electrons. The first kappa shape index (κ1) is 11.8. The Hall–Kier alpha value is -1.69. The van der Waals surface area contributed by atoms with Crippen molar-refractivity contribution in [2.45, 2.75) is 6.18 Å². The summed E-state index contributed by atoms with van der Waals surface area (Å²) in [5.41, 5.74) is 0.636. The summed E-state index contributed by atoms with van der Waals surface area (Å²) < 4.78 is 36.2. The third-order valence-electron chi connectivity index (χ3n) is 2.15. The number of fused-ring (bicyclic) bond motifs is 1. The first-order chi connectivity index (χ1) is 7.88. The van der Waals surface area contributed by atoms with E-state index in [2.05, 4.69) is 4.98 Å². The molecule has 0 unspecified atom stereocenters. The number of aromatic amines is 1. The summed E-state index contributed by atoms with van der Waals surface area (Å²) in [6.45, 7) is 0. The normalized spacial score (nSPS) is 11.8. The third kappa shape index (κ3) is 2.36. The van der Waals surface area contributed by atoms with Gasteiger partial charge in [0.15, 0.2) is 0 Å². The predicted molar refractivity (Wildman–Crippen MR) is 58.0 cm³/mol. The second-order valence-corrected chi connectivity index (χ2v) is 3.78. The molecule has 0 bridgehead atoms. The van der Waals surface area contributed by atoms with Crippen molar-refractivity contribution in [3.8, 4) is 0 Å². The Bertz CT molecular complexity index is 576. The Balaban J connectivity index is 2.37. The molecule has 17 heavy (non-hydrogen) atoms. The van der Waals surface area contributed by atoms with Gasteiger partial charge in [0.2, 0.25) is 0 Å². The summed E-state index contributed by atoms with van der Waals surface area (Å²) >= 11 is 5.73. The number of aromatic nitrogens is 1. The number of hydrogen-bond donors (Lipinski definition) is 2. The Kier molecular flexibility index (Phi) is 2.74. The largest absolute Gasteiger partial charge is 0.471 e. The molecule has 2 aromatic rings. The van der Waals surface area contributed by atoms with Crippen LogP contribution >= 0.6 is 11.6 Å². The Morgan fingerprint density at radius 1 is 1.35 bits per heavy atom. The minimum Gasteiger partial charge on any atom is -0.359 e. The number of anilines is 1. The van der Waals surface area contributed by atoms with Crippen LogP contribution in [0.25, 0.3) is 10.9 Å². The van der Waals surface area contributed by atoms with Gasteiger partial charge in [0, 0.05) is 22.1 Å². The van der Waals surface area contributed by atoms with Gasteiger partial charge in [-0.3, -0.25) is 4.79 Å². The maximum absolute atomic E-state index is 12.1. The van der Waals surface area contributed by atoms with Crippen LogP contribution in [0.1, 0.15) is 0 Å². The highest BCUT2D eigenvalue weighted by Crippen LogP contribution is 2.27. The second kappa shape index (κ2) is 3.96. The zero-order valence-electron chi connectivity index (χ0n) is 8.23. The van der Waals surface area contributed by atoms with E-state index >= 15 is 0 Å². The van der Waals surface area contributed by atoms with Crippen LogP contribution in [0.2, 0.25) is 5.02 Å². The van der Waals surface area contributed by atoms with Crippen molar-refractivity contribution in [1.82, 2.24) is 4.98 Å². The van der Waals surface area contributed by atoms with Crippen LogP contribution in [0.4, 0.5) is 18.9 Å². The van der Waals surface area contributed by atoms with Crippen molar-refractivity contribution in [2.75, 3.05) is 5.32 Å². The monoisotopic (exact) mass is 262 g/mol. The number of H-pyrrole nitrogens is 1. The molecular weight excluding hydrogens is 257 g/mol. The molecule has 1 heterocycles. The number of hydrogen-bond acceptors (Lipinski definition) is 1. The van der Waals surface area contributed by atoms with E-state index in [1.54, 1.807) is 17.4 Å². The highest BCUT2D eigenvalue weighted by Gasteiger charge is 2.38. The van der Waals surface area contributed by atoms with Gasteiger partial charge in [-0.1, -0.05) is 11.6 Å². The van der Waals surface area contributed by atoms with E-state index in [1.165, 1.54) is 12.3 Å². The van der Waals surface area contributed by atoms with Crippen molar-refractivity contribution < 1.29 is 18.0 Å². The molecule has 7 heteroatoms. The summed E-state index contributed by atoms with van der Waals surface area (Å²) in [4.78, 5) is 13.5. The number of amides is 1. The summed E-state index contributed by atoms with van der Waals surface area (Å²) in [5.74, 6) is -2.02. The van der Waals surface area contributed by atoms with E-state index in [0.717, 1.165) is 0 Å². The number of alkyl halides is 3. The smallest absolute Gasteiger partial charge is 0.359 e. The van der Waals surface area contributed by atoms with Crippen molar-refractivity contribution in [2.24, 2.45) is 0 Å². The van der Waals surface area contributed by atoms with Crippen molar-refractivity contribution >= 4 is 34.1 Å². The van der Waals surface area contributed by atoms with Crippen molar-refractivity contribution in [3.05, 3.63) is 29.4 Å². The zero-order chi connectivity index (χ0) is 12.6. The maximum atomic E-state index is 12.1. The Morgan fingerprint density at radius 2 is 2.06 bits per heavy atom. The fourth-order valence-electron chi connectivity index (χ4n) is 1.39. The molecule has 0 atom stereocenters. The number of carbonyl (C=O) groups excluding carboxylic acids is 1. The topological polar surface area (TPSA) is 44.9 Å². The van der Waals surface area contributed by atoms with Crippen molar-refractivity contribution in [3.63, 3.8) is 0 Å². The van der Waals surface area contributed by atoms with Crippen LogP contribution in [0.5, 0.6) is 0 Å². The first-order valence-corrected chi connectivity index (χ1v) is 4.90. The van der Waals surface area contributed by atoms with Crippen LogP contribution in [-0.4, -0.2) is 17.1 Å². The van der Waals surface area contributed by atoms with Crippen LogP contribution in [0.15, 0.2) is 24.4 Å². The Labute approximate surface area is 98.6 Å². The summed E-state index contributed by atoms with van der Waals surface area (Å²) in [7, 11) is 0. The first-order valence-electron chi connectivity index (χ1n) is 4.53. The molecule has 1 aromatic heterocycles. The number of rotatable bonds is 1. The zero-order valence-corrected chi connectivity index (χ0v) is 8.99. The number of benzene rings is 1. The average molecular weight is 263 g/mol. The molecule has 1 aromatic carbocycles. The standard InChI is InChI=1S/C10H6ClF3N2O/c11-5-1-2-7-6(3-5)8(4-15-7)16-9(17)10(12,13)14/h1-4,15H,(H,16,17). The molecule has 0 aliphatic rings. The molecule has 0 aliphatic heterocycles. The molecule has 0 aliphatic carbocycles. The van der Waals surface area contributed by atoms with Gasteiger partial charge in [-0.2, -0.15) is 13.2 Å². The second-order valence-electron chi connectivity index (χ2n) is 3.34. The number of halogens is 4. The molecule has 0 saturated carbocycles. The van der Waals surface area contributed by atoms with E-state index in [9.17, 15) is 18.0 Å². The third-order valence-corrected chi connectivity index (χ3v) is 2.38. The van der Waals surface area contributed by atoms with E-state index in [4.69, 9.17) is 11.6 Å². The van der Waals surface area contributed by atoms with Gasteiger partial charge in [0.25, 0.3) is 0 Å². The number of nitrogens with one attached hydrogen (secondary N) is 2. The van der Waals surface area contributed by atoms with Crippen LogP contribution in [0.3, 0.4) is 0 Å². The van der Waals surface area contributed by atoms with E-state index in [0.29, 0.717) is 15.9 Å². The lowest BCUT2D eigenvalue weighted by molar-refractivity contribution is -0.167. The molecule has 0 fully saturated rings. The van der Waals surface area contributed by atoms with Gasteiger partial charge >= 0.3 is 12.1 Å². The van der Waals surface area contributed by atoms with Gasteiger partial charge in [0.1, 0.15) is 0 Å². The molecule has 1 amide bonds. The van der Waals surface area contributed by atoms with Gasteiger partial charge in [-0.25, -0.2) is 0 Å². The van der Waals surface area contributed by atoms with Crippen molar-refractivity contribution in [1.29, 1.82) is 0 Å². The lowest BCUT2D eigenvalue weighted by Gasteiger charge is -2.06. The number of carbonyl (C=O) groups is 1. The van der Waals surface area contributed by atoms with Gasteiger partial charge in [-0.15, -0.1) is 0 Å². The molecule has 2 rings (SSSR count). The maximum Gasteiger partial charge on any atom is 0.471 e. The molecule has 3 nitrogen and oxygen atoms in total. The highest BCUT2D eigenvalue weighted by atomic mass is 35.5. The highest BCUT2D eigenvalue weighted by molar-refractivity contribution is 6.31. The lowest BCUT2D eigenvalue weighted by atomic mass is 10.2. The van der Waals surface area contributed by atoms with E-state index in [1.807, 2.05) is 0 Å². The minimum atomic E-state index is -4.91. The van der Waals surface area contributed by atoms with Crippen LogP contribution in [0, 0.1) is 0 Å². The van der Waals surface area contributed by atoms with Gasteiger partial charge in [-0.05, 0) is 18.2 Å². The van der Waals surface area contributed by atoms with Crippen LogP contribution < -0.4 is 5.32 Å². The minimum absolute atomic E-state index is 0.0461.